The second-order valence-electron chi connectivity index (χ2n) is 5.74. The number of fused-ring (bicyclic) bond motifs is 1. The lowest BCUT2D eigenvalue weighted by molar-refractivity contribution is -0.113. The summed E-state index contributed by atoms with van der Waals surface area (Å²) in [5.74, 6) is -0.539. The Labute approximate surface area is 128 Å². The maximum atomic E-state index is 12.5. The van der Waals surface area contributed by atoms with E-state index in [0.717, 1.165) is 30.8 Å². The van der Waals surface area contributed by atoms with Crippen LogP contribution in [-0.2, 0) is 4.79 Å². The number of anilines is 2. The van der Waals surface area contributed by atoms with Gasteiger partial charge >= 0.3 is 5.91 Å². The average molecular weight is 292 g/mol. The standard InChI is InChI=1S/C18H16N2O2/c21-17-16-14(12-9-10-19-11-12)7-4-8-15(16)20(18(17)22)13-5-2-1-3-6-13/h1-8,12,19H,9-11H2. The zero-order valence-corrected chi connectivity index (χ0v) is 12.1. The number of para-hydroxylation sites is 1. The predicted molar refractivity (Wildman–Crippen MR) is 84.6 cm³/mol. The molecule has 1 amide bonds. The fourth-order valence-corrected chi connectivity index (χ4v) is 3.40. The molecule has 0 bridgehead atoms. The maximum absolute atomic E-state index is 12.5. The number of carbonyl (C=O) groups excluding carboxylic acids is 2. The summed E-state index contributed by atoms with van der Waals surface area (Å²) < 4.78 is 0. The molecule has 2 aliphatic rings. The van der Waals surface area contributed by atoms with E-state index in [2.05, 4.69) is 5.32 Å². The number of rotatable bonds is 2. The summed E-state index contributed by atoms with van der Waals surface area (Å²) in [6.07, 6.45) is 1.00. The van der Waals surface area contributed by atoms with E-state index in [1.54, 1.807) is 0 Å². The Bertz CT molecular complexity index is 749. The van der Waals surface area contributed by atoms with E-state index in [1.807, 2.05) is 48.5 Å². The number of hydrogen-bond acceptors (Lipinski definition) is 3. The van der Waals surface area contributed by atoms with Gasteiger partial charge in [0.05, 0.1) is 11.3 Å². The van der Waals surface area contributed by atoms with E-state index in [-0.39, 0.29) is 5.78 Å². The monoisotopic (exact) mass is 292 g/mol. The van der Waals surface area contributed by atoms with Crippen LogP contribution in [0.2, 0.25) is 0 Å². The quantitative estimate of drug-likeness (QED) is 0.866. The van der Waals surface area contributed by atoms with Crippen molar-refractivity contribution in [1.82, 2.24) is 5.32 Å². The van der Waals surface area contributed by atoms with Gasteiger partial charge in [-0.05, 0) is 42.6 Å². The van der Waals surface area contributed by atoms with Crippen LogP contribution in [0.5, 0.6) is 0 Å². The molecule has 1 fully saturated rings. The van der Waals surface area contributed by atoms with Gasteiger partial charge in [-0.2, -0.15) is 0 Å². The minimum atomic E-state index is -0.459. The average Bonchev–Trinajstić information content (AvgIpc) is 3.17. The molecule has 0 spiro atoms. The highest BCUT2D eigenvalue weighted by Crippen LogP contribution is 2.40. The summed E-state index contributed by atoms with van der Waals surface area (Å²) in [6, 6.07) is 15.1. The zero-order chi connectivity index (χ0) is 15.1. The molecular formula is C18H16N2O2. The van der Waals surface area contributed by atoms with Crippen molar-refractivity contribution in [3.8, 4) is 0 Å². The van der Waals surface area contributed by atoms with Crippen LogP contribution in [0.3, 0.4) is 0 Å². The molecule has 1 saturated heterocycles. The molecule has 4 rings (SSSR count). The highest BCUT2D eigenvalue weighted by Gasteiger charge is 2.39. The topological polar surface area (TPSA) is 49.4 Å². The van der Waals surface area contributed by atoms with Crippen LogP contribution in [0, 0.1) is 0 Å². The van der Waals surface area contributed by atoms with Crippen molar-refractivity contribution in [3.63, 3.8) is 0 Å². The maximum Gasteiger partial charge on any atom is 0.304 e. The second-order valence-corrected chi connectivity index (χ2v) is 5.74. The Balaban J connectivity index is 1.87. The second kappa shape index (κ2) is 5.07. The van der Waals surface area contributed by atoms with Crippen LogP contribution in [0.4, 0.5) is 11.4 Å². The number of benzene rings is 2. The molecule has 1 unspecified atom stereocenters. The van der Waals surface area contributed by atoms with Crippen LogP contribution in [0.1, 0.15) is 28.3 Å². The predicted octanol–water partition coefficient (Wildman–Crippen LogP) is 2.62. The van der Waals surface area contributed by atoms with Crippen molar-refractivity contribution in [2.75, 3.05) is 18.0 Å². The fraction of sp³-hybridized carbons (Fsp3) is 0.222. The first-order chi connectivity index (χ1) is 10.8. The van der Waals surface area contributed by atoms with Crippen molar-refractivity contribution in [2.45, 2.75) is 12.3 Å². The van der Waals surface area contributed by atoms with Crippen LogP contribution < -0.4 is 10.2 Å². The van der Waals surface area contributed by atoms with Crippen molar-refractivity contribution < 1.29 is 9.59 Å². The van der Waals surface area contributed by atoms with Gasteiger partial charge in [-0.1, -0.05) is 30.3 Å². The van der Waals surface area contributed by atoms with E-state index in [4.69, 9.17) is 0 Å². The van der Waals surface area contributed by atoms with E-state index < -0.39 is 5.91 Å². The van der Waals surface area contributed by atoms with Crippen LogP contribution in [0.25, 0.3) is 0 Å². The molecule has 0 saturated carbocycles. The molecule has 110 valence electrons. The summed E-state index contributed by atoms with van der Waals surface area (Å²) in [5.41, 5.74) is 3.04. The third kappa shape index (κ3) is 1.88. The normalized spacial score (nSPS) is 20.5. The van der Waals surface area contributed by atoms with Crippen molar-refractivity contribution in [3.05, 3.63) is 59.7 Å². The molecule has 2 aromatic rings. The summed E-state index contributed by atoms with van der Waals surface area (Å²) in [6.45, 7) is 1.82. The van der Waals surface area contributed by atoms with E-state index >= 15 is 0 Å². The first-order valence-electron chi connectivity index (χ1n) is 7.55. The molecular weight excluding hydrogens is 276 g/mol. The molecule has 4 heteroatoms. The highest BCUT2D eigenvalue weighted by molar-refractivity contribution is 6.54. The lowest BCUT2D eigenvalue weighted by Gasteiger charge is -2.18. The lowest BCUT2D eigenvalue weighted by atomic mass is 9.91. The number of nitrogens with one attached hydrogen (secondary N) is 1. The first-order valence-corrected chi connectivity index (χ1v) is 7.55. The van der Waals surface area contributed by atoms with Gasteiger partial charge in [0.25, 0.3) is 5.78 Å². The third-order valence-corrected chi connectivity index (χ3v) is 4.45. The molecule has 2 heterocycles. The van der Waals surface area contributed by atoms with Gasteiger partial charge in [0.2, 0.25) is 0 Å². The lowest BCUT2D eigenvalue weighted by Crippen LogP contribution is -2.24. The van der Waals surface area contributed by atoms with E-state index in [9.17, 15) is 9.59 Å². The minimum absolute atomic E-state index is 0.308. The van der Waals surface area contributed by atoms with Gasteiger partial charge in [0.15, 0.2) is 0 Å². The molecule has 0 radical (unpaired) electrons. The SMILES string of the molecule is O=C1C(=O)N(c2ccccc2)c2cccc(C3CCNC3)c21. The summed E-state index contributed by atoms with van der Waals surface area (Å²) in [4.78, 5) is 26.6. The molecule has 1 N–H and O–H groups in total. The Hall–Kier alpha value is -2.46. The number of carbonyl (C=O) groups is 2. The molecule has 2 aliphatic heterocycles. The zero-order valence-electron chi connectivity index (χ0n) is 12.1. The number of amides is 1. The van der Waals surface area contributed by atoms with Crippen LogP contribution in [0.15, 0.2) is 48.5 Å². The number of nitrogens with zero attached hydrogens (tertiary/aromatic N) is 1. The van der Waals surface area contributed by atoms with Gasteiger partial charge < -0.3 is 5.32 Å². The highest BCUT2D eigenvalue weighted by atomic mass is 16.2. The first kappa shape index (κ1) is 13.2. The molecule has 1 atom stereocenters. The van der Waals surface area contributed by atoms with E-state index in [0.29, 0.717) is 17.2 Å². The number of hydrogen-bond donors (Lipinski definition) is 1. The summed E-state index contributed by atoms with van der Waals surface area (Å²) in [5, 5.41) is 3.32. The van der Waals surface area contributed by atoms with Gasteiger partial charge in [0, 0.05) is 12.2 Å². The van der Waals surface area contributed by atoms with Gasteiger partial charge in [0.1, 0.15) is 0 Å². The summed E-state index contributed by atoms with van der Waals surface area (Å²) >= 11 is 0. The van der Waals surface area contributed by atoms with Crippen molar-refractivity contribution >= 4 is 23.1 Å². The third-order valence-electron chi connectivity index (χ3n) is 4.45. The number of Topliss-reactive ketones (excluding diaryl/α,β-unsaturated/α-hetero) is 1. The Morgan fingerprint density at radius 3 is 2.55 bits per heavy atom. The Morgan fingerprint density at radius 2 is 1.82 bits per heavy atom. The minimum Gasteiger partial charge on any atom is -0.316 e. The molecule has 2 aromatic carbocycles. The van der Waals surface area contributed by atoms with Crippen LogP contribution in [-0.4, -0.2) is 24.8 Å². The Morgan fingerprint density at radius 1 is 1.00 bits per heavy atom. The van der Waals surface area contributed by atoms with Crippen LogP contribution >= 0.6 is 0 Å². The fourth-order valence-electron chi connectivity index (χ4n) is 3.40. The molecule has 0 aliphatic carbocycles. The molecule has 4 nitrogen and oxygen atoms in total. The molecule has 0 aromatic heterocycles. The van der Waals surface area contributed by atoms with Gasteiger partial charge in [-0.15, -0.1) is 0 Å². The van der Waals surface area contributed by atoms with Crippen molar-refractivity contribution in [2.24, 2.45) is 0 Å². The molecule has 22 heavy (non-hydrogen) atoms. The van der Waals surface area contributed by atoms with Crippen molar-refractivity contribution in [1.29, 1.82) is 0 Å². The number of ketones is 1. The summed E-state index contributed by atoms with van der Waals surface area (Å²) in [7, 11) is 0. The largest absolute Gasteiger partial charge is 0.316 e. The Kier molecular flexibility index (Phi) is 3.05. The smallest absolute Gasteiger partial charge is 0.304 e. The van der Waals surface area contributed by atoms with Gasteiger partial charge in [-0.3, -0.25) is 14.5 Å². The van der Waals surface area contributed by atoms with Gasteiger partial charge in [-0.25, -0.2) is 0 Å². The van der Waals surface area contributed by atoms with E-state index in [1.165, 1.54) is 4.90 Å².